The smallest absolute Gasteiger partial charge is 0.312 e. The third kappa shape index (κ3) is 3.80. The van der Waals surface area contributed by atoms with E-state index in [9.17, 15) is 9.59 Å². The van der Waals surface area contributed by atoms with Crippen LogP contribution in [0.3, 0.4) is 0 Å². The standard InChI is InChI=1S/C17H16N2O5S/c1-22-12-3-4-15(23-2)13(8-12)14(20)10-24-16(21)7-11-9-19-5-6-25-17(19)18-11/h3-6,8-9H,7,10H2,1-2H3. The Labute approximate surface area is 147 Å². The van der Waals surface area contributed by atoms with Gasteiger partial charge in [-0.3, -0.25) is 14.0 Å². The summed E-state index contributed by atoms with van der Waals surface area (Å²) in [5, 5.41) is 1.91. The van der Waals surface area contributed by atoms with Crippen molar-refractivity contribution in [1.82, 2.24) is 9.38 Å². The Morgan fingerprint density at radius 1 is 1.24 bits per heavy atom. The van der Waals surface area contributed by atoms with Crippen LogP contribution in [0.5, 0.6) is 11.5 Å². The van der Waals surface area contributed by atoms with E-state index in [0.29, 0.717) is 22.8 Å². The van der Waals surface area contributed by atoms with Crippen molar-refractivity contribution in [1.29, 1.82) is 0 Å². The van der Waals surface area contributed by atoms with Gasteiger partial charge in [-0.1, -0.05) is 0 Å². The van der Waals surface area contributed by atoms with Gasteiger partial charge < -0.3 is 14.2 Å². The van der Waals surface area contributed by atoms with E-state index < -0.39 is 5.97 Å². The van der Waals surface area contributed by atoms with E-state index in [1.165, 1.54) is 25.6 Å². The minimum Gasteiger partial charge on any atom is -0.497 e. The highest BCUT2D eigenvalue weighted by molar-refractivity contribution is 7.15. The monoisotopic (exact) mass is 360 g/mol. The number of esters is 1. The number of aromatic nitrogens is 2. The lowest BCUT2D eigenvalue weighted by atomic mass is 10.1. The number of carbonyl (C=O) groups excluding carboxylic acids is 2. The van der Waals surface area contributed by atoms with Crippen LogP contribution in [0.4, 0.5) is 0 Å². The number of Topliss-reactive ketones (excluding diaryl/α,β-unsaturated/α-hetero) is 1. The third-order valence-electron chi connectivity index (χ3n) is 3.54. The highest BCUT2D eigenvalue weighted by atomic mass is 32.1. The van der Waals surface area contributed by atoms with Crippen LogP contribution in [-0.2, 0) is 16.0 Å². The molecule has 3 aromatic rings. The maximum Gasteiger partial charge on any atom is 0.312 e. The maximum atomic E-state index is 12.3. The summed E-state index contributed by atoms with van der Waals surface area (Å²) in [6, 6.07) is 4.87. The van der Waals surface area contributed by atoms with Crippen LogP contribution in [0.25, 0.3) is 4.96 Å². The number of ketones is 1. The predicted octanol–water partition coefficient (Wildman–Crippen LogP) is 2.38. The lowest BCUT2D eigenvalue weighted by Gasteiger charge is -2.10. The fraction of sp³-hybridized carbons (Fsp3) is 0.235. The lowest BCUT2D eigenvalue weighted by Crippen LogP contribution is -2.16. The van der Waals surface area contributed by atoms with Crippen molar-refractivity contribution in [2.24, 2.45) is 0 Å². The lowest BCUT2D eigenvalue weighted by molar-refractivity contribution is -0.141. The van der Waals surface area contributed by atoms with Gasteiger partial charge in [0.1, 0.15) is 11.5 Å². The summed E-state index contributed by atoms with van der Waals surface area (Å²) < 4.78 is 17.2. The van der Waals surface area contributed by atoms with Crippen LogP contribution in [0, 0.1) is 0 Å². The predicted molar refractivity (Wildman–Crippen MR) is 91.6 cm³/mol. The van der Waals surface area contributed by atoms with Gasteiger partial charge in [-0.15, -0.1) is 11.3 Å². The molecule has 8 heteroatoms. The number of hydrogen-bond donors (Lipinski definition) is 0. The maximum absolute atomic E-state index is 12.3. The van der Waals surface area contributed by atoms with Gasteiger partial charge in [-0.05, 0) is 18.2 Å². The number of nitrogens with zero attached hydrogens (tertiary/aromatic N) is 2. The van der Waals surface area contributed by atoms with Crippen LogP contribution >= 0.6 is 11.3 Å². The number of ether oxygens (including phenoxy) is 3. The minimum absolute atomic E-state index is 0.0108. The fourth-order valence-corrected chi connectivity index (χ4v) is 3.03. The van der Waals surface area contributed by atoms with Gasteiger partial charge in [-0.2, -0.15) is 0 Å². The van der Waals surface area contributed by atoms with Gasteiger partial charge >= 0.3 is 5.97 Å². The Balaban J connectivity index is 1.61. The molecule has 0 fully saturated rings. The first-order valence-electron chi connectivity index (χ1n) is 7.42. The first-order valence-corrected chi connectivity index (χ1v) is 8.30. The molecule has 0 unspecified atom stereocenters. The van der Waals surface area contributed by atoms with Crippen LogP contribution in [0.1, 0.15) is 16.1 Å². The summed E-state index contributed by atoms with van der Waals surface area (Å²) in [6.07, 6.45) is 3.64. The molecule has 0 radical (unpaired) electrons. The van der Waals surface area contributed by atoms with Crippen LogP contribution in [-0.4, -0.2) is 42.0 Å². The highest BCUT2D eigenvalue weighted by Gasteiger charge is 2.17. The molecule has 2 aromatic heterocycles. The van der Waals surface area contributed by atoms with Crippen LogP contribution < -0.4 is 9.47 Å². The molecule has 0 aliphatic heterocycles. The topological polar surface area (TPSA) is 79.1 Å². The zero-order chi connectivity index (χ0) is 17.8. The van der Waals surface area contributed by atoms with Crippen molar-refractivity contribution >= 4 is 28.1 Å². The number of benzene rings is 1. The largest absolute Gasteiger partial charge is 0.497 e. The molecule has 0 saturated carbocycles. The van der Waals surface area contributed by atoms with Crippen LogP contribution in [0.2, 0.25) is 0 Å². The van der Waals surface area contributed by atoms with E-state index in [2.05, 4.69) is 4.98 Å². The van der Waals surface area contributed by atoms with E-state index in [-0.39, 0.29) is 18.8 Å². The second kappa shape index (κ2) is 7.35. The molecule has 0 saturated heterocycles. The molecule has 0 spiro atoms. The molecular formula is C17H16N2O5S. The third-order valence-corrected chi connectivity index (χ3v) is 4.31. The normalized spacial score (nSPS) is 10.6. The number of rotatable bonds is 7. The first-order chi connectivity index (χ1) is 12.1. The van der Waals surface area contributed by atoms with Gasteiger partial charge in [0.05, 0.1) is 31.9 Å². The number of fused-ring (bicyclic) bond motifs is 1. The van der Waals surface area contributed by atoms with E-state index in [4.69, 9.17) is 14.2 Å². The van der Waals surface area contributed by atoms with Crippen molar-refractivity contribution in [3.05, 3.63) is 47.2 Å². The van der Waals surface area contributed by atoms with Crippen molar-refractivity contribution in [3.63, 3.8) is 0 Å². The van der Waals surface area contributed by atoms with Gasteiger partial charge in [-0.25, -0.2) is 4.98 Å². The van der Waals surface area contributed by atoms with E-state index in [0.717, 1.165) is 4.96 Å². The fourth-order valence-electron chi connectivity index (χ4n) is 2.32. The summed E-state index contributed by atoms with van der Waals surface area (Å²) in [4.78, 5) is 29.4. The molecule has 0 amide bonds. The van der Waals surface area contributed by atoms with Crippen LogP contribution in [0.15, 0.2) is 36.0 Å². The summed E-state index contributed by atoms with van der Waals surface area (Å²) in [5.41, 5.74) is 0.903. The molecule has 3 rings (SSSR count). The van der Waals surface area contributed by atoms with Gasteiger partial charge in [0.15, 0.2) is 11.6 Å². The second-order valence-corrected chi connectivity index (χ2v) is 6.02. The van der Waals surface area contributed by atoms with Crippen molar-refractivity contribution in [2.75, 3.05) is 20.8 Å². The van der Waals surface area contributed by atoms with Crippen molar-refractivity contribution in [2.45, 2.75) is 6.42 Å². The summed E-state index contributed by atoms with van der Waals surface area (Å²) >= 11 is 1.48. The molecule has 25 heavy (non-hydrogen) atoms. The van der Waals surface area contributed by atoms with Gasteiger partial charge in [0.25, 0.3) is 0 Å². The van der Waals surface area contributed by atoms with Crippen molar-refractivity contribution in [3.8, 4) is 11.5 Å². The van der Waals surface area contributed by atoms with Gasteiger partial charge in [0.2, 0.25) is 5.78 Å². The SMILES string of the molecule is COc1ccc(OC)c(C(=O)COC(=O)Cc2cn3ccsc3n2)c1. The molecule has 1 aromatic carbocycles. The quantitative estimate of drug-likeness (QED) is 0.475. The number of carbonyl (C=O) groups is 2. The minimum atomic E-state index is -0.513. The molecule has 0 aliphatic rings. The molecule has 0 atom stereocenters. The summed E-state index contributed by atoms with van der Waals surface area (Å²) in [7, 11) is 2.97. The highest BCUT2D eigenvalue weighted by Crippen LogP contribution is 2.24. The molecule has 130 valence electrons. The number of methoxy groups -OCH3 is 2. The van der Waals surface area contributed by atoms with E-state index in [1.807, 2.05) is 16.0 Å². The molecular weight excluding hydrogens is 344 g/mol. The Kier molecular flexibility index (Phi) is 4.99. The van der Waals surface area contributed by atoms with E-state index in [1.54, 1.807) is 24.4 Å². The van der Waals surface area contributed by atoms with Gasteiger partial charge in [0, 0.05) is 17.8 Å². The Morgan fingerprint density at radius 3 is 2.80 bits per heavy atom. The zero-order valence-corrected chi connectivity index (χ0v) is 14.5. The second-order valence-electron chi connectivity index (χ2n) is 5.15. The number of thiazole rings is 1. The Bertz CT molecular complexity index is 886. The zero-order valence-electron chi connectivity index (χ0n) is 13.7. The molecule has 7 nitrogen and oxygen atoms in total. The molecule has 0 N–H and O–H groups in total. The Hall–Kier alpha value is -2.87. The Morgan fingerprint density at radius 2 is 2.08 bits per heavy atom. The number of imidazole rings is 1. The molecule has 2 heterocycles. The van der Waals surface area contributed by atoms with Crippen molar-refractivity contribution < 1.29 is 23.8 Å². The number of hydrogen-bond acceptors (Lipinski definition) is 7. The average Bonchev–Trinajstić information content (AvgIpc) is 3.20. The molecule has 0 aliphatic carbocycles. The molecule has 0 bridgehead atoms. The summed E-state index contributed by atoms with van der Waals surface area (Å²) in [6.45, 7) is -0.370. The summed E-state index contributed by atoms with van der Waals surface area (Å²) in [5.74, 6) is 0.0423. The van der Waals surface area contributed by atoms with E-state index >= 15 is 0 Å². The average molecular weight is 360 g/mol. The first kappa shape index (κ1) is 17.0.